The van der Waals surface area contributed by atoms with Crippen molar-refractivity contribution in [2.45, 2.75) is 0 Å². The van der Waals surface area contributed by atoms with Gasteiger partial charge in [-0.05, 0) is 24.3 Å². The third-order valence-corrected chi connectivity index (χ3v) is 3.57. The minimum Gasteiger partial charge on any atom is -0.321 e. The van der Waals surface area contributed by atoms with Crippen LogP contribution in [-0.2, 0) is 14.1 Å². The van der Waals surface area contributed by atoms with Crippen LogP contribution in [0, 0.1) is 0 Å². The number of amides is 1. The number of anilines is 1. The van der Waals surface area contributed by atoms with E-state index in [1.807, 2.05) is 6.07 Å². The molecule has 0 atom stereocenters. The molecule has 116 valence electrons. The van der Waals surface area contributed by atoms with Crippen molar-refractivity contribution in [3.63, 3.8) is 0 Å². The molecule has 2 aromatic heterocycles. The summed E-state index contributed by atoms with van der Waals surface area (Å²) in [5.74, 6) is -0.411. The van der Waals surface area contributed by atoms with Crippen molar-refractivity contribution >= 4 is 22.6 Å². The number of hydrogen-bond donors (Lipinski definition) is 1. The fraction of sp³-hybridized carbons (Fsp3) is 0.125. The highest BCUT2D eigenvalue weighted by atomic mass is 16.2. The zero-order valence-corrected chi connectivity index (χ0v) is 12.6. The maximum atomic E-state index is 12.3. The van der Waals surface area contributed by atoms with Crippen molar-refractivity contribution < 1.29 is 4.79 Å². The predicted molar refractivity (Wildman–Crippen MR) is 86.6 cm³/mol. The average Bonchev–Trinajstić information content (AvgIpc) is 2.58. The van der Waals surface area contributed by atoms with Crippen LogP contribution in [0.5, 0.6) is 0 Å². The molecule has 1 amide bonds. The molecular formula is C16H14N4O3. The molecule has 0 unspecified atom stereocenters. The summed E-state index contributed by atoms with van der Waals surface area (Å²) in [5, 5.41) is 2.99. The lowest BCUT2D eigenvalue weighted by Crippen LogP contribution is -2.37. The molecule has 0 saturated heterocycles. The van der Waals surface area contributed by atoms with Gasteiger partial charge < -0.3 is 5.32 Å². The molecular weight excluding hydrogens is 296 g/mol. The molecule has 0 aliphatic rings. The Morgan fingerprint density at radius 2 is 1.70 bits per heavy atom. The van der Waals surface area contributed by atoms with Gasteiger partial charge >= 0.3 is 5.69 Å². The van der Waals surface area contributed by atoms with E-state index in [4.69, 9.17) is 0 Å². The summed E-state index contributed by atoms with van der Waals surface area (Å²) in [7, 11) is 2.91. The van der Waals surface area contributed by atoms with Gasteiger partial charge in [0.05, 0.1) is 5.39 Å². The standard InChI is InChI=1S/C16H14N4O3/c1-19-13-11(15(22)20(2)16(19)23)8-9-12(18-13)14(21)17-10-6-4-3-5-7-10/h3-9H,1-2H3,(H,17,21). The summed E-state index contributed by atoms with van der Waals surface area (Å²) in [6, 6.07) is 11.9. The van der Waals surface area contributed by atoms with Gasteiger partial charge in [0.1, 0.15) is 11.3 Å². The molecule has 0 fully saturated rings. The Kier molecular flexibility index (Phi) is 3.53. The SMILES string of the molecule is Cn1c(=O)c2ccc(C(=O)Nc3ccccc3)nc2n(C)c1=O. The van der Waals surface area contributed by atoms with Crippen molar-refractivity contribution in [2.24, 2.45) is 14.1 Å². The first-order valence-electron chi connectivity index (χ1n) is 6.92. The lowest BCUT2D eigenvalue weighted by atomic mass is 10.2. The van der Waals surface area contributed by atoms with Crippen LogP contribution in [0.3, 0.4) is 0 Å². The van der Waals surface area contributed by atoms with Gasteiger partial charge in [0, 0.05) is 19.8 Å². The van der Waals surface area contributed by atoms with Crippen LogP contribution < -0.4 is 16.6 Å². The van der Waals surface area contributed by atoms with Gasteiger partial charge in [0.2, 0.25) is 0 Å². The van der Waals surface area contributed by atoms with E-state index in [1.54, 1.807) is 24.3 Å². The maximum absolute atomic E-state index is 12.3. The van der Waals surface area contributed by atoms with Crippen LogP contribution in [-0.4, -0.2) is 20.0 Å². The number of fused-ring (bicyclic) bond motifs is 1. The van der Waals surface area contributed by atoms with E-state index in [0.29, 0.717) is 5.69 Å². The molecule has 2 heterocycles. The second-order valence-electron chi connectivity index (χ2n) is 5.09. The summed E-state index contributed by atoms with van der Waals surface area (Å²) in [5.41, 5.74) is 0.0157. The van der Waals surface area contributed by atoms with E-state index in [0.717, 1.165) is 4.57 Å². The van der Waals surface area contributed by atoms with Crippen LogP contribution >= 0.6 is 0 Å². The third-order valence-electron chi connectivity index (χ3n) is 3.57. The molecule has 0 bridgehead atoms. The number of nitrogens with zero attached hydrogens (tertiary/aromatic N) is 3. The highest BCUT2D eigenvalue weighted by Gasteiger charge is 2.13. The number of hydrogen-bond acceptors (Lipinski definition) is 4. The Morgan fingerprint density at radius 3 is 2.39 bits per heavy atom. The number of aromatic nitrogens is 3. The fourth-order valence-corrected chi connectivity index (χ4v) is 2.30. The van der Waals surface area contributed by atoms with E-state index in [9.17, 15) is 14.4 Å². The van der Waals surface area contributed by atoms with Crippen LogP contribution in [0.25, 0.3) is 11.0 Å². The molecule has 0 aliphatic carbocycles. The van der Waals surface area contributed by atoms with Crippen molar-refractivity contribution in [3.8, 4) is 0 Å². The molecule has 3 aromatic rings. The molecule has 0 radical (unpaired) electrons. The number of carbonyl (C=O) groups excluding carboxylic acids is 1. The molecule has 1 N–H and O–H groups in total. The van der Waals surface area contributed by atoms with E-state index >= 15 is 0 Å². The second kappa shape index (κ2) is 5.53. The number of benzene rings is 1. The Hall–Kier alpha value is -3.22. The third kappa shape index (κ3) is 2.52. The first-order chi connectivity index (χ1) is 11.0. The monoisotopic (exact) mass is 310 g/mol. The van der Waals surface area contributed by atoms with Gasteiger partial charge in [-0.25, -0.2) is 9.78 Å². The summed E-state index contributed by atoms with van der Waals surface area (Å²) in [4.78, 5) is 40.5. The zero-order chi connectivity index (χ0) is 16.6. The lowest BCUT2D eigenvalue weighted by molar-refractivity contribution is 0.102. The second-order valence-corrected chi connectivity index (χ2v) is 5.09. The Balaban J connectivity index is 2.09. The molecule has 0 spiro atoms. The number of para-hydroxylation sites is 1. The summed E-state index contributed by atoms with van der Waals surface area (Å²) >= 11 is 0. The highest BCUT2D eigenvalue weighted by Crippen LogP contribution is 2.10. The van der Waals surface area contributed by atoms with Crippen molar-refractivity contribution in [1.82, 2.24) is 14.1 Å². The van der Waals surface area contributed by atoms with Gasteiger partial charge in [0.25, 0.3) is 11.5 Å². The maximum Gasteiger partial charge on any atom is 0.332 e. The molecule has 0 saturated carbocycles. The molecule has 7 nitrogen and oxygen atoms in total. The molecule has 23 heavy (non-hydrogen) atoms. The average molecular weight is 310 g/mol. The largest absolute Gasteiger partial charge is 0.332 e. The number of nitrogens with one attached hydrogen (secondary N) is 1. The van der Waals surface area contributed by atoms with Gasteiger partial charge in [0.15, 0.2) is 0 Å². The first kappa shape index (κ1) is 14.7. The molecule has 3 rings (SSSR count). The van der Waals surface area contributed by atoms with Crippen molar-refractivity contribution in [1.29, 1.82) is 0 Å². The number of rotatable bonds is 2. The van der Waals surface area contributed by atoms with Gasteiger partial charge in [-0.15, -0.1) is 0 Å². The Labute approximate surface area is 130 Å². The lowest BCUT2D eigenvalue weighted by Gasteiger charge is -2.08. The van der Waals surface area contributed by atoms with Crippen LogP contribution in [0.2, 0.25) is 0 Å². The Bertz CT molecular complexity index is 1020. The van der Waals surface area contributed by atoms with Crippen LogP contribution in [0.15, 0.2) is 52.1 Å². The quantitative estimate of drug-likeness (QED) is 0.761. The molecule has 1 aromatic carbocycles. The zero-order valence-electron chi connectivity index (χ0n) is 12.6. The Morgan fingerprint density at radius 1 is 1.00 bits per heavy atom. The minimum atomic E-state index is -0.490. The van der Waals surface area contributed by atoms with E-state index < -0.39 is 17.2 Å². The van der Waals surface area contributed by atoms with Crippen LogP contribution in [0.1, 0.15) is 10.5 Å². The first-order valence-corrected chi connectivity index (χ1v) is 6.92. The van der Waals surface area contributed by atoms with E-state index in [1.165, 1.54) is 30.8 Å². The number of carbonyl (C=O) groups is 1. The topological polar surface area (TPSA) is 86.0 Å². The summed E-state index contributed by atoms with van der Waals surface area (Å²) in [6.07, 6.45) is 0. The smallest absolute Gasteiger partial charge is 0.321 e. The van der Waals surface area contributed by atoms with Crippen LogP contribution in [0.4, 0.5) is 5.69 Å². The number of aryl methyl sites for hydroxylation is 1. The summed E-state index contributed by atoms with van der Waals surface area (Å²) in [6.45, 7) is 0. The fourth-order valence-electron chi connectivity index (χ4n) is 2.30. The van der Waals surface area contributed by atoms with Gasteiger partial charge in [-0.1, -0.05) is 18.2 Å². The molecule has 0 aliphatic heterocycles. The van der Waals surface area contributed by atoms with E-state index in [-0.39, 0.29) is 16.7 Å². The van der Waals surface area contributed by atoms with Crippen molar-refractivity contribution in [3.05, 3.63) is 69.0 Å². The van der Waals surface area contributed by atoms with Gasteiger partial charge in [-0.3, -0.25) is 18.7 Å². The minimum absolute atomic E-state index is 0.129. The summed E-state index contributed by atoms with van der Waals surface area (Å²) < 4.78 is 2.25. The highest BCUT2D eigenvalue weighted by molar-refractivity contribution is 6.03. The van der Waals surface area contributed by atoms with Gasteiger partial charge in [-0.2, -0.15) is 0 Å². The van der Waals surface area contributed by atoms with E-state index in [2.05, 4.69) is 10.3 Å². The number of pyridine rings is 1. The normalized spacial score (nSPS) is 10.7. The predicted octanol–water partition coefficient (Wildman–Crippen LogP) is 0.885. The molecule has 7 heteroatoms. The van der Waals surface area contributed by atoms with Crippen molar-refractivity contribution in [2.75, 3.05) is 5.32 Å².